The van der Waals surface area contributed by atoms with E-state index < -0.39 is 17.7 Å². The van der Waals surface area contributed by atoms with E-state index in [2.05, 4.69) is 15.5 Å². The minimum atomic E-state index is -0.688. The molecule has 0 unspecified atom stereocenters. The van der Waals surface area contributed by atoms with Crippen molar-refractivity contribution < 1.29 is 13.6 Å². The molecule has 9 heteroatoms. The maximum atomic E-state index is 13.6. The molecule has 2 rings (SSSR count). The fraction of sp³-hybridized carbons (Fsp3) is 0.250. The molecule has 0 saturated carbocycles. The number of halogens is 2. The lowest BCUT2D eigenvalue weighted by molar-refractivity contribution is -0.119. The van der Waals surface area contributed by atoms with Crippen LogP contribution in [-0.2, 0) is 4.79 Å². The van der Waals surface area contributed by atoms with Crippen LogP contribution < -0.4 is 11.1 Å². The zero-order valence-corrected chi connectivity index (χ0v) is 12.6. The van der Waals surface area contributed by atoms with E-state index >= 15 is 0 Å². The number of benzene rings is 1. The summed E-state index contributed by atoms with van der Waals surface area (Å²) in [5.41, 5.74) is 5.66. The van der Waals surface area contributed by atoms with Crippen LogP contribution in [0.1, 0.15) is 18.5 Å². The predicted octanol–water partition coefficient (Wildman–Crippen LogP) is 2.37. The molecule has 0 aliphatic carbocycles. The summed E-state index contributed by atoms with van der Waals surface area (Å²) in [4.78, 5) is 11.8. The van der Waals surface area contributed by atoms with Gasteiger partial charge in [-0.1, -0.05) is 29.2 Å². The smallest absolute Gasteiger partial charge is 0.230 e. The molecule has 1 aromatic carbocycles. The van der Waals surface area contributed by atoms with Gasteiger partial charge in [0, 0.05) is 11.6 Å². The van der Waals surface area contributed by atoms with E-state index in [1.165, 1.54) is 29.2 Å². The predicted molar refractivity (Wildman–Crippen MR) is 78.0 cm³/mol. The van der Waals surface area contributed by atoms with Crippen molar-refractivity contribution in [2.24, 2.45) is 0 Å². The molecule has 112 valence electrons. The van der Waals surface area contributed by atoms with Crippen LogP contribution in [0.25, 0.3) is 0 Å². The number of hydrogen-bond donors (Lipinski definition) is 2. The van der Waals surface area contributed by atoms with Crippen molar-refractivity contribution in [1.82, 2.24) is 15.5 Å². The summed E-state index contributed by atoms with van der Waals surface area (Å²) in [7, 11) is 0. The molecule has 3 N–H and O–H groups in total. The summed E-state index contributed by atoms with van der Waals surface area (Å²) >= 11 is 2.38. The number of nitrogen functional groups attached to an aromatic ring is 1. The van der Waals surface area contributed by atoms with Gasteiger partial charge in [0.2, 0.25) is 11.0 Å². The number of rotatable bonds is 5. The van der Waals surface area contributed by atoms with Crippen molar-refractivity contribution in [3.05, 3.63) is 35.4 Å². The molecule has 1 heterocycles. The van der Waals surface area contributed by atoms with Gasteiger partial charge in [-0.05, 0) is 13.0 Å². The molecule has 0 aliphatic rings. The van der Waals surface area contributed by atoms with Crippen molar-refractivity contribution in [2.45, 2.75) is 17.3 Å². The normalized spacial score (nSPS) is 12.1. The van der Waals surface area contributed by atoms with Crippen LogP contribution >= 0.6 is 23.1 Å². The summed E-state index contributed by atoms with van der Waals surface area (Å²) < 4.78 is 27.0. The lowest BCUT2D eigenvalue weighted by atomic mass is 10.1. The summed E-state index contributed by atoms with van der Waals surface area (Å²) in [6.07, 6.45) is 0. The highest BCUT2D eigenvalue weighted by atomic mass is 32.2. The second-order valence-electron chi connectivity index (χ2n) is 4.15. The third-order valence-electron chi connectivity index (χ3n) is 2.56. The molecular weight excluding hydrogens is 318 g/mol. The Bertz CT molecular complexity index is 650. The van der Waals surface area contributed by atoms with Gasteiger partial charge in [0.25, 0.3) is 0 Å². The van der Waals surface area contributed by atoms with E-state index in [-0.39, 0.29) is 17.2 Å². The fourth-order valence-corrected chi connectivity index (χ4v) is 3.07. The SMILES string of the molecule is C[C@H](NC(=O)CSc1nnc(N)s1)c1ccc(F)cc1F. The summed E-state index contributed by atoms with van der Waals surface area (Å²) in [6, 6.07) is 2.70. The van der Waals surface area contributed by atoms with Crippen molar-refractivity contribution >= 4 is 34.1 Å². The molecule has 1 amide bonds. The van der Waals surface area contributed by atoms with Gasteiger partial charge in [-0.2, -0.15) is 0 Å². The minimum absolute atomic E-state index is 0.113. The van der Waals surface area contributed by atoms with Gasteiger partial charge >= 0.3 is 0 Å². The number of hydrogen-bond acceptors (Lipinski definition) is 6. The Labute approximate surface area is 128 Å². The lowest BCUT2D eigenvalue weighted by Gasteiger charge is -2.14. The largest absolute Gasteiger partial charge is 0.374 e. The first-order valence-corrected chi connectivity index (χ1v) is 7.72. The lowest BCUT2D eigenvalue weighted by Crippen LogP contribution is -2.28. The highest BCUT2D eigenvalue weighted by Crippen LogP contribution is 2.23. The average Bonchev–Trinajstić information content (AvgIpc) is 2.82. The Morgan fingerprint density at radius 1 is 1.48 bits per heavy atom. The van der Waals surface area contributed by atoms with Gasteiger partial charge in [0.05, 0.1) is 11.8 Å². The highest BCUT2D eigenvalue weighted by Gasteiger charge is 2.15. The van der Waals surface area contributed by atoms with E-state index in [9.17, 15) is 13.6 Å². The van der Waals surface area contributed by atoms with E-state index in [1.807, 2.05) is 0 Å². The van der Waals surface area contributed by atoms with Crippen LogP contribution in [0.4, 0.5) is 13.9 Å². The van der Waals surface area contributed by atoms with Crippen LogP contribution in [0.5, 0.6) is 0 Å². The molecule has 0 radical (unpaired) electrons. The number of carbonyl (C=O) groups is 1. The third-order valence-corrected chi connectivity index (χ3v) is 4.44. The van der Waals surface area contributed by atoms with Gasteiger partial charge in [-0.15, -0.1) is 10.2 Å². The molecule has 0 saturated heterocycles. The fourth-order valence-electron chi connectivity index (χ4n) is 1.62. The number of aromatic nitrogens is 2. The molecule has 0 fully saturated rings. The maximum absolute atomic E-state index is 13.6. The number of carbonyl (C=O) groups excluding carboxylic acids is 1. The summed E-state index contributed by atoms with van der Waals surface area (Å²) in [6.45, 7) is 1.63. The van der Waals surface area contributed by atoms with E-state index in [4.69, 9.17) is 5.73 Å². The van der Waals surface area contributed by atoms with E-state index in [1.54, 1.807) is 6.92 Å². The van der Waals surface area contributed by atoms with Crippen LogP contribution in [0.15, 0.2) is 22.5 Å². The molecule has 0 bridgehead atoms. The van der Waals surface area contributed by atoms with Crippen LogP contribution in [0.2, 0.25) is 0 Å². The van der Waals surface area contributed by atoms with Crippen molar-refractivity contribution in [1.29, 1.82) is 0 Å². The van der Waals surface area contributed by atoms with Crippen molar-refractivity contribution in [3.8, 4) is 0 Å². The molecular formula is C12H12F2N4OS2. The first-order valence-electron chi connectivity index (χ1n) is 5.92. The van der Waals surface area contributed by atoms with Gasteiger partial charge in [-0.25, -0.2) is 8.78 Å². The van der Waals surface area contributed by atoms with Gasteiger partial charge < -0.3 is 11.1 Å². The maximum Gasteiger partial charge on any atom is 0.230 e. The van der Waals surface area contributed by atoms with Crippen LogP contribution in [0, 0.1) is 11.6 Å². The second kappa shape index (κ2) is 6.81. The summed E-state index contributed by atoms with van der Waals surface area (Å²) in [5.74, 6) is -1.52. The topological polar surface area (TPSA) is 80.9 Å². The quantitative estimate of drug-likeness (QED) is 0.823. The Morgan fingerprint density at radius 3 is 2.86 bits per heavy atom. The Kier molecular flexibility index (Phi) is 5.07. The molecule has 21 heavy (non-hydrogen) atoms. The zero-order valence-electron chi connectivity index (χ0n) is 11.0. The van der Waals surface area contributed by atoms with Crippen molar-refractivity contribution in [3.63, 3.8) is 0 Å². The van der Waals surface area contributed by atoms with Gasteiger partial charge in [-0.3, -0.25) is 4.79 Å². The number of anilines is 1. The average molecular weight is 330 g/mol. The summed E-state index contributed by atoms with van der Waals surface area (Å²) in [5, 5.41) is 10.4. The Hall–Kier alpha value is -1.74. The highest BCUT2D eigenvalue weighted by molar-refractivity contribution is 8.01. The minimum Gasteiger partial charge on any atom is -0.374 e. The third kappa shape index (κ3) is 4.36. The zero-order chi connectivity index (χ0) is 15.4. The Balaban J connectivity index is 1.89. The van der Waals surface area contributed by atoms with E-state index in [0.29, 0.717) is 9.47 Å². The first kappa shape index (κ1) is 15.6. The van der Waals surface area contributed by atoms with Gasteiger partial charge in [0.15, 0.2) is 4.34 Å². The second-order valence-corrected chi connectivity index (χ2v) is 6.38. The molecule has 0 spiro atoms. The van der Waals surface area contributed by atoms with E-state index in [0.717, 1.165) is 12.1 Å². The molecule has 2 aromatic rings. The number of amides is 1. The first-order chi connectivity index (χ1) is 9.95. The standard InChI is InChI=1S/C12H12F2N4OS2/c1-6(8-3-2-7(13)4-9(8)14)16-10(19)5-20-12-18-17-11(15)21-12/h2-4,6H,5H2,1H3,(H2,15,17)(H,16,19)/t6-/m0/s1. The van der Waals surface area contributed by atoms with Crippen LogP contribution in [-0.4, -0.2) is 21.9 Å². The number of nitrogens with one attached hydrogen (secondary N) is 1. The number of nitrogens with two attached hydrogens (primary N) is 1. The number of thioether (sulfide) groups is 1. The van der Waals surface area contributed by atoms with Crippen molar-refractivity contribution in [2.75, 3.05) is 11.5 Å². The Morgan fingerprint density at radius 2 is 2.24 bits per heavy atom. The molecule has 1 atom stereocenters. The van der Waals surface area contributed by atoms with Crippen LogP contribution in [0.3, 0.4) is 0 Å². The van der Waals surface area contributed by atoms with Gasteiger partial charge in [0.1, 0.15) is 11.6 Å². The monoisotopic (exact) mass is 330 g/mol. The molecule has 1 aromatic heterocycles. The molecule has 5 nitrogen and oxygen atoms in total. The number of nitrogens with zero attached hydrogens (tertiary/aromatic N) is 2. The molecule has 0 aliphatic heterocycles.